The van der Waals surface area contributed by atoms with E-state index in [9.17, 15) is 24.0 Å². The van der Waals surface area contributed by atoms with Crippen molar-refractivity contribution in [3.05, 3.63) is 76.1 Å². The van der Waals surface area contributed by atoms with Crippen molar-refractivity contribution in [2.75, 3.05) is 25.0 Å². The van der Waals surface area contributed by atoms with Crippen LogP contribution in [0.3, 0.4) is 0 Å². The van der Waals surface area contributed by atoms with Crippen LogP contribution < -0.4 is 38.4 Å². The van der Waals surface area contributed by atoms with Crippen LogP contribution in [0, 0.1) is 6.92 Å². The lowest BCUT2D eigenvalue weighted by atomic mass is 10.1. The summed E-state index contributed by atoms with van der Waals surface area (Å²) in [6, 6.07) is 14.2. The SMILES string of the molecule is CC(=O)O.Cc1cc(=O)oc2cc(NC(=O)[C@H](CCCN=C(N)N)NC(=O)CNC(=O)CNC(=O)OCc3ccccc3)ccc12. The van der Waals surface area contributed by atoms with E-state index in [1.165, 1.54) is 12.1 Å². The van der Waals surface area contributed by atoms with Crippen LogP contribution in [-0.4, -0.2) is 66.5 Å². The molecule has 246 valence electrons. The molecule has 0 aliphatic carbocycles. The van der Waals surface area contributed by atoms with E-state index < -0.39 is 54.5 Å². The molecule has 0 unspecified atom stereocenters. The maximum atomic E-state index is 13.1. The normalized spacial score (nSPS) is 10.7. The highest BCUT2D eigenvalue weighted by Gasteiger charge is 2.21. The van der Waals surface area contributed by atoms with Gasteiger partial charge in [0.2, 0.25) is 17.7 Å². The molecule has 3 aromatic rings. The highest BCUT2D eigenvalue weighted by molar-refractivity contribution is 5.99. The molecule has 16 heteroatoms. The number of benzene rings is 2. The standard InChI is InChI=1S/C28H33N7O7.C2H4O2/c1-17-12-25(38)42-22-13-19(9-10-20(17)22)34-26(39)21(8-5-11-31-27(29)30)35-24(37)15-32-23(36)14-33-28(40)41-16-18-6-3-2-4-7-18;1-2(3)4/h2-4,6-7,9-10,12-13,21H,5,8,11,14-16H2,1H3,(H,32,36)(H,33,40)(H,34,39)(H,35,37)(H4,29,30,31);1H3,(H,3,4)/t21-;/m0./s1. The van der Waals surface area contributed by atoms with E-state index in [1.807, 2.05) is 6.07 Å². The molecule has 0 spiro atoms. The number of aliphatic carboxylic acids is 1. The average Bonchev–Trinajstić information content (AvgIpc) is 2.99. The van der Waals surface area contributed by atoms with Crippen LogP contribution in [0.1, 0.15) is 30.9 Å². The molecule has 0 saturated carbocycles. The molecule has 4 amide bonds. The van der Waals surface area contributed by atoms with Gasteiger partial charge in [-0.15, -0.1) is 0 Å². The quantitative estimate of drug-likeness (QED) is 0.0593. The van der Waals surface area contributed by atoms with Crippen molar-refractivity contribution in [3.63, 3.8) is 0 Å². The number of nitrogens with two attached hydrogens (primary N) is 2. The maximum Gasteiger partial charge on any atom is 0.407 e. The molecular formula is C30H37N7O9. The Hall–Kier alpha value is -5.93. The largest absolute Gasteiger partial charge is 0.481 e. The number of nitrogens with zero attached hydrogens (tertiary/aromatic N) is 1. The average molecular weight is 640 g/mol. The van der Waals surface area contributed by atoms with Gasteiger partial charge in [-0.3, -0.25) is 24.2 Å². The van der Waals surface area contributed by atoms with Gasteiger partial charge in [-0.25, -0.2) is 9.59 Å². The first-order valence-corrected chi connectivity index (χ1v) is 13.9. The van der Waals surface area contributed by atoms with Gasteiger partial charge >= 0.3 is 11.7 Å². The minimum atomic E-state index is -1.00. The van der Waals surface area contributed by atoms with Crippen LogP contribution in [0.5, 0.6) is 0 Å². The molecule has 1 atom stereocenters. The smallest absolute Gasteiger partial charge is 0.407 e. The number of aliphatic imine (C=N–C) groups is 1. The Morgan fingerprint density at radius 3 is 2.33 bits per heavy atom. The molecule has 0 fully saturated rings. The lowest BCUT2D eigenvalue weighted by Crippen LogP contribution is -2.48. The number of aryl methyl sites for hydroxylation is 1. The fourth-order valence-electron chi connectivity index (χ4n) is 3.82. The number of ether oxygens (including phenoxy) is 1. The van der Waals surface area contributed by atoms with Crippen molar-refractivity contribution in [2.24, 2.45) is 16.5 Å². The summed E-state index contributed by atoms with van der Waals surface area (Å²) >= 11 is 0. The van der Waals surface area contributed by atoms with E-state index in [2.05, 4.69) is 26.3 Å². The molecule has 1 aromatic heterocycles. The Bertz CT molecular complexity index is 1600. The third kappa shape index (κ3) is 14.0. The molecule has 2 aromatic carbocycles. The Morgan fingerprint density at radius 1 is 0.978 bits per heavy atom. The van der Waals surface area contributed by atoms with Crippen molar-refractivity contribution in [3.8, 4) is 0 Å². The second kappa shape index (κ2) is 18.7. The number of hydrogen-bond acceptors (Lipinski definition) is 9. The highest BCUT2D eigenvalue weighted by atomic mass is 16.5. The summed E-state index contributed by atoms with van der Waals surface area (Å²) in [5.41, 5.74) is 12.3. The summed E-state index contributed by atoms with van der Waals surface area (Å²) in [6.45, 7) is 2.26. The van der Waals surface area contributed by atoms with Crippen LogP contribution in [0.25, 0.3) is 11.0 Å². The van der Waals surface area contributed by atoms with Crippen LogP contribution in [-0.2, 0) is 30.5 Å². The third-order valence-electron chi connectivity index (χ3n) is 5.87. The Kier molecular flexibility index (Phi) is 14.7. The van der Waals surface area contributed by atoms with Crippen LogP contribution in [0.2, 0.25) is 0 Å². The molecule has 1 heterocycles. The Labute approximate surface area is 263 Å². The van der Waals surface area contributed by atoms with Gasteiger partial charge in [0.15, 0.2) is 5.96 Å². The number of hydrogen-bond donors (Lipinski definition) is 7. The van der Waals surface area contributed by atoms with E-state index in [-0.39, 0.29) is 25.5 Å². The number of fused-ring (bicyclic) bond motifs is 1. The molecule has 0 aliphatic rings. The van der Waals surface area contributed by atoms with Gasteiger partial charge in [0.25, 0.3) is 5.97 Å². The van der Waals surface area contributed by atoms with Crippen molar-refractivity contribution in [1.29, 1.82) is 0 Å². The first-order chi connectivity index (χ1) is 21.8. The first-order valence-electron chi connectivity index (χ1n) is 13.9. The van der Waals surface area contributed by atoms with Gasteiger partial charge in [0.05, 0.1) is 6.54 Å². The van der Waals surface area contributed by atoms with Crippen molar-refractivity contribution in [1.82, 2.24) is 16.0 Å². The van der Waals surface area contributed by atoms with Gasteiger partial charge < -0.3 is 47.0 Å². The lowest BCUT2D eigenvalue weighted by molar-refractivity contribution is -0.134. The fourth-order valence-corrected chi connectivity index (χ4v) is 3.82. The summed E-state index contributed by atoms with van der Waals surface area (Å²) in [5.74, 6) is -2.76. The van der Waals surface area contributed by atoms with Gasteiger partial charge in [-0.2, -0.15) is 0 Å². The molecule has 0 saturated heterocycles. The number of carboxylic acid groups (broad SMARTS) is 1. The van der Waals surface area contributed by atoms with Gasteiger partial charge in [0, 0.05) is 36.7 Å². The summed E-state index contributed by atoms with van der Waals surface area (Å²) in [6.07, 6.45) is -0.249. The molecule has 3 rings (SSSR count). The van der Waals surface area contributed by atoms with E-state index in [4.69, 9.17) is 30.5 Å². The molecule has 0 radical (unpaired) electrons. The second-order valence-corrected chi connectivity index (χ2v) is 9.73. The number of alkyl carbamates (subject to hydrolysis) is 1. The van der Waals surface area contributed by atoms with Gasteiger partial charge in [-0.05, 0) is 43.0 Å². The zero-order chi connectivity index (χ0) is 34.1. The topological polar surface area (TPSA) is 258 Å². The monoisotopic (exact) mass is 639 g/mol. The minimum absolute atomic E-state index is 0.0383. The zero-order valence-electron chi connectivity index (χ0n) is 25.3. The van der Waals surface area contributed by atoms with E-state index in [0.29, 0.717) is 23.1 Å². The lowest BCUT2D eigenvalue weighted by Gasteiger charge is -2.19. The minimum Gasteiger partial charge on any atom is -0.481 e. The molecule has 9 N–H and O–H groups in total. The second-order valence-electron chi connectivity index (χ2n) is 9.73. The molecule has 0 aliphatic heterocycles. The predicted molar refractivity (Wildman–Crippen MR) is 169 cm³/mol. The van der Waals surface area contributed by atoms with E-state index in [1.54, 1.807) is 43.3 Å². The molecular weight excluding hydrogens is 602 g/mol. The Balaban J connectivity index is 0.00000173. The van der Waals surface area contributed by atoms with Crippen LogP contribution in [0.15, 0.2) is 68.8 Å². The summed E-state index contributed by atoms with van der Waals surface area (Å²) in [7, 11) is 0. The number of nitrogens with one attached hydrogen (secondary N) is 4. The summed E-state index contributed by atoms with van der Waals surface area (Å²) in [4.78, 5) is 74.2. The number of rotatable bonds is 13. The third-order valence-corrected chi connectivity index (χ3v) is 5.87. The van der Waals surface area contributed by atoms with Crippen molar-refractivity contribution < 1.29 is 38.2 Å². The van der Waals surface area contributed by atoms with E-state index >= 15 is 0 Å². The highest BCUT2D eigenvalue weighted by Crippen LogP contribution is 2.21. The number of amides is 4. The number of carbonyl (C=O) groups is 5. The van der Waals surface area contributed by atoms with Gasteiger partial charge in [-0.1, -0.05) is 30.3 Å². The predicted octanol–water partition coefficient (Wildman–Crippen LogP) is 0.712. The Morgan fingerprint density at radius 2 is 1.65 bits per heavy atom. The fraction of sp³-hybridized carbons (Fsp3) is 0.300. The zero-order valence-corrected chi connectivity index (χ0v) is 25.3. The maximum absolute atomic E-state index is 13.1. The number of anilines is 1. The number of carboxylic acids is 1. The van der Waals surface area contributed by atoms with Crippen LogP contribution >= 0.6 is 0 Å². The summed E-state index contributed by atoms with van der Waals surface area (Å²) < 4.78 is 10.3. The van der Waals surface area contributed by atoms with Crippen LogP contribution in [0.4, 0.5) is 10.5 Å². The van der Waals surface area contributed by atoms with Crippen molar-refractivity contribution >= 4 is 52.4 Å². The molecule has 0 bridgehead atoms. The van der Waals surface area contributed by atoms with Crippen molar-refractivity contribution in [2.45, 2.75) is 39.3 Å². The number of carbonyl (C=O) groups excluding carboxylic acids is 4. The molecule has 16 nitrogen and oxygen atoms in total. The molecule has 46 heavy (non-hydrogen) atoms. The summed E-state index contributed by atoms with van der Waals surface area (Å²) in [5, 5.41) is 18.1. The van der Waals surface area contributed by atoms with Gasteiger partial charge in [0.1, 0.15) is 24.8 Å². The number of guanidine groups is 1. The first kappa shape index (κ1) is 36.3. The van der Waals surface area contributed by atoms with E-state index in [0.717, 1.165) is 18.1 Å².